The number of nitrogens with zero attached hydrogens (tertiary/aromatic N) is 1. The maximum absolute atomic E-state index is 12.9. The first-order valence-electron chi connectivity index (χ1n) is 8.44. The predicted molar refractivity (Wildman–Crippen MR) is 108 cm³/mol. The predicted octanol–water partition coefficient (Wildman–Crippen LogP) is 3.20. The lowest BCUT2D eigenvalue weighted by Gasteiger charge is -2.19. The van der Waals surface area contributed by atoms with Crippen LogP contribution in [0.5, 0.6) is 5.75 Å². The molecule has 7 nitrogen and oxygen atoms in total. The highest BCUT2D eigenvalue weighted by Gasteiger charge is 2.27. The summed E-state index contributed by atoms with van der Waals surface area (Å²) in [5, 5.41) is 2.83. The summed E-state index contributed by atoms with van der Waals surface area (Å²) in [5.74, 6) is -0.528. The van der Waals surface area contributed by atoms with Crippen LogP contribution in [0.15, 0.2) is 47.4 Å². The van der Waals surface area contributed by atoms with Gasteiger partial charge in [-0.15, -0.1) is 0 Å². The van der Waals surface area contributed by atoms with Crippen molar-refractivity contribution in [2.75, 3.05) is 25.5 Å². The zero-order valence-electron chi connectivity index (χ0n) is 15.7. The van der Waals surface area contributed by atoms with Gasteiger partial charge in [-0.25, -0.2) is 8.42 Å². The van der Waals surface area contributed by atoms with Gasteiger partial charge in [0.1, 0.15) is 10.6 Å². The average molecular weight is 425 g/mol. The van der Waals surface area contributed by atoms with Gasteiger partial charge in [0.25, 0.3) is 0 Å². The standard InChI is InChI=1S/C19H21ClN2O5S/c1-4-27-17-9-8-15(20)11-18(17)28(25,26)22(3)12-19(24)21-16-7-5-6-14(10-16)13(2)23/h5-11H,4,12H2,1-3H3,(H,21,24). The zero-order valence-corrected chi connectivity index (χ0v) is 17.3. The average Bonchev–Trinajstić information content (AvgIpc) is 2.63. The number of carbonyl (C=O) groups is 2. The van der Waals surface area contributed by atoms with E-state index in [0.717, 1.165) is 4.31 Å². The smallest absolute Gasteiger partial charge is 0.247 e. The Morgan fingerprint density at radius 2 is 1.89 bits per heavy atom. The van der Waals surface area contributed by atoms with Gasteiger partial charge in [0.15, 0.2) is 5.78 Å². The molecule has 0 aliphatic heterocycles. The fourth-order valence-corrected chi connectivity index (χ4v) is 3.95. The number of hydrogen-bond donors (Lipinski definition) is 1. The molecule has 0 aromatic heterocycles. The minimum Gasteiger partial charge on any atom is -0.492 e. The van der Waals surface area contributed by atoms with Crippen molar-refractivity contribution >= 4 is 39.0 Å². The lowest BCUT2D eigenvalue weighted by atomic mass is 10.1. The Labute approximate surface area is 169 Å². The van der Waals surface area contributed by atoms with Gasteiger partial charge in [0, 0.05) is 23.3 Å². The molecule has 2 rings (SSSR count). The first-order chi connectivity index (χ1) is 13.1. The van der Waals surface area contributed by atoms with Crippen molar-refractivity contribution in [1.82, 2.24) is 4.31 Å². The van der Waals surface area contributed by atoms with Crippen molar-refractivity contribution in [2.24, 2.45) is 0 Å². The Morgan fingerprint density at radius 1 is 1.18 bits per heavy atom. The number of ether oxygens (including phenoxy) is 1. The molecule has 0 unspecified atom stereocenters. The fraction of sp³-hybridized carbons (Fsp3) is 0.263. The highest BCUT2D eigenvalue weighted by Crippen LogP contribution is 2.29. The van der Waals surface area contributed by atoms with Crippen molar-refractivity contribution in [1.29, 1.82) is 0 Å². The number of sulfonamides is 1. The minimum absolute atomic E-state index is 0.115. The number of hydrogen-bond acceptors (Lipinski definition) is 5. The number of halogens is 1. The number of nitrogens with one attached hydrogen (secondary N) is 1. The molecule has 0 fully saturated rings. The summed E-state index contributed by atoms with van der Waals surface area (Å²) < 4.78 is 32.0. The number of carbonyl (C=O) groups excluding carboxylic acids is 2. The number of anilines is 1. The van der Waals surface area contributed by atoms with Crippen LogP contribution >= 0.6 is 11.6 Å². The van der Waals surface area contributed by atoms with E-state index in [0.29, 0.717) is 11.3 Å². The molecule has 0 radical (unpaired) electrons. The molecule has 2 aromatic rings. The van der Waals surface area contributed by atoms with Gasteiger partial charge in [-0.1, -0.05) is 23.7 Å². The normalized spacial score (nSPS) is 11.3. The Bertz CT molecular complexity index is 992. The second kappa shape index (κ2) is 9.18. The van der Waals surface area contributed by atoms with Crippen molar-refractivity contribution in [3.63, 3.8) is 0 Å². The number of ketones is 1. The van der Waals surface area contributed by atoms with Gasteiger partial charge in [0.2, 0.25) is 15.9 Å². The van der Waals surface area contributed by atoms with E-state index < -0.39 is 22.5 Å². The number of rotatable bonds is 8. The molecule has 0 aliphatic rings. The lowest BCUT2D eigenvalue weighted by molar-refractivity contribution is -0.116. The number of benzene rings is 2. The second-order valence-corrected chi connectivity index (χ2v) is 8.42. The summed E-state index contributed by atoms with van der Waals surface area (Å²) in [5.41, 5.74) is 0.848. The molecule has 0 saturated heterocycles. The highest BCUT2D eigenvalue weighted by molar-refractivity contribution is 7.89. The van der Waals surface area contributed by atoms with E-state index in [1.54, 1.807) is 25.1 Å². The van der Waals surface area contributed by atoms with E-state index in [-0.39, 0.29) is 28.1 Å². The van der Waals surface area contributed by atoms with Crippen LogP contribution in [0.1, 0.15) is 24.2 Å². The van der Waals surface area contributed by atoms with E-state index in [2.05, 4.69) is 5.32 Å². The maximum atomic E-state index is 12.9. The van der Waals surface area contributed by atoms with Crippen LogP contribution in [0.25, 0.3) is 0 Å². The molecule has 0 aliphatic carbocycles. The number of likely N-dealkylation sites (N-methyl/N-ethyl adjacent to an activating group) is 1. The first kappa shape index (κ1) is 21.9. The zero-order chi connectivity index (χ0) is 20.9. The largest absolute Gasteiger partial charge is 0.492 e. The molecule has 0 spiro atoms. The van der Waals surface area contributed by atoms with Crippen LogP contribution in [-0.2, 0) is 14.8 Å². The molecule has 0 saturated carbocycles. The van der Waals surface area contributed by atoms with Gasteiger partial charge < -0.3 is 10.1 Å². The minimum atomic E-state index is -4.01. The van der Waals surface area contributed by atoms with E-state index in [1.165, 1.54) is 38.2 Å². The third-order valence-corrected chi connectivity index (χ3v) is 5.87. The van der Waals surface area contributed by atoms with Crippen LogP contribution in [0.4, 0.5) is 5.69 Å². The third-order valence-electron chi connectivity index (χ3n) is 3.81. The molecule has 1 N–H and O–H groups in total. The van der Waals surface area contributed by atoms with Gasteiger partial charge >= 0.3 is 0 Å². The summed E-state index contributed by atoms with van der Waals surface area (Å²) in [4.78, 5) is 23.6. The van der Waals surface area contributed by atoms with Gasteiger partial charge in [0.05, 0.1) is 13.2 Å². The SMILES string of the molecule is CCOc1ccc(Cl)cc1S(=O)(=O)N(C)CC(=O)Nc1cccc(C(C)=O)c1. The van der Waals surface area contributed by atoms with E-state index >= 15 is 0 Å². The monoisotopic (exact) mass is 424 g/mol. The Hall–Kier alpha value is -2.42. The maximum Gasteiger partial charge on any atom is 0.247 e. The lowest BCUT2D eigenvalue weighted by Crippen LogP contribution is -2.35. The van der Waals surface area contributed by atoms with E-state index in [1.807, 2.05) is 0 Å². The summed E-state index contributed by atoms with van der Waals surface area (Å²) in [6, 6.07) is 10.7. The van der Waals surface area contributed by atoms with Crippen LogP contribution in [0.3, 0.4) is 0 Å². The molecule has 150 valence electrons. The summed E-state index contributed by atoms with van der Waals surface area (Å²) >= 11 is 5.94. The topological polar surface area (TPSA) is 92.8 Å². The van der Waals surface area contributed by atoms with Crippen molar-refractivity contribution in [3.8, 4) is 5.75 Å². The van der Waals surface area contributed by atoms with Crippen LogP contribution < -0.4 is 10.1 Å². The Morgan fingerprint density at radius 3 is 2.54 bits per heavy atom. The van der Waals surface area contributed by atoms with Gasteiger partial charge in [-0.05, 0) is 44.2 Å². The molecular formula is C19H21ClN2O5S. The Kier molecular flexibility index (Phi) is 7.17. The quantitative estimate of drug-likeness (QED) is 0.657. The molecular weight excluding hydrogens is 404 g/mol. The van der Waals surface area contributed by atoms with E-state index in [4.69, 9.17) is 16.3 Å². The fourth-order valence-electron chi connectivity index (χ4n) is 2.43. The summed E-state index contributed by atoms with van der Waals surface area (Å²) in [6.07, 6.45) is 0. The number of amides is 1. The molecule has 1 amide bonds. The van der Waals surface area contributed by atoms with Gasteiger partial charge in [-0.2, -0.15) is 4.31 Å². The molecule has 0 atom stereocenters. The Balaban J connectivity index is 2.18. The molecule has 0 heterocycles. The molecule has 28 heavy (non-hydrogen) atoms. The summed E-state index contributed by atoms with van der Waals surface area (Å²) in [7, 11) is -2.73. The van der Waals surface area contributed by atoms with Crippen LogP contribution in [0, 0.1) is 0 Å². The highest BCUT2D eigenvalue weighted by atomic mass is 35.5. The summed E-state index contributed by atoms with van der Waals surface area (Å²) in [6.45, 7) is 3.01. The van der Waals surface area contributed by atoms with Crippen molar-refractivity contribution in [3.05, 3.63) is 53.1 Å². The third kappa shape index (κ3) is 5.31. The van der Waals surface area contributed by atoms with E-state index in [9.17, 15) is 18.0 Å². The van der Waals surface area contributed by atoms with Crippen LogP contribution in [-0.4, -0.2) is 44.6 Å². The number of Topliss-reactive ketones (excluding diaryl/α,β-unsaturated/α-hetero) is 1. The first-order valence-corrected chi connectivity index (χ1v) is 10.3. The molecule has 0 bridgehead atoms. The van der Waals surface area contributed by atoms with Gasteiger partial charge in [-0.3, -0.25) is 9.59 Å². The van der Waals surface area contributed by atoms with Crippen molar-refractivity contribution < 1.29 is 22.7 Å². The second-order valence-electron chi connectivity index (χ2n) is 5.97. The van der Waals surface area contributed by atoms with Crippen LogP contribution in [0.2, 0.25) is 5.02 Å². The van der Waals surface area contributed by atoms with Crippen molar-refractivity contribution in [2.45, 2.75) is 18.7 Å². The molecule has 9 heteroatoms. The molecule has 2 aromatic carbocycles.